The summed E-state index contributed by atoms with van der Waals surface area (Å²) < 4.78 is 25.2. The van der Waals surface area contributed by atoms with Crippen molar-refractivity contribution in [3.8, 4) is 0 Å². The molecule has 10 heavy (non-hydrogen) atoms. The summed E-state index contributed by atoms with van der Waals surface area (Å²) in [7, 11) is 0. The SMILES string of the molecule is CC1(C)CC(F)(F)C[C@H]1N. The van der Waals surface area contributed by atoms with Crippen LogP contribution in [0.3, 0.4) is 0 Å². The zero-order valence-electron chi connectivity index (χ0n) is 6.32. The van der Waals surface area contributed by atoms with Gasteiger partial charge < -0.3 is 5.73 Å². The van der Waals surface area contributed by atoms with E-state index >= 15 is 0 Å². The zero-order chi connectivity index (χ0) is 7.99. The molecule has 0 aromatic carbocycles. The summed E-state index contributed by atoms with van der Waals surface area (Å²) in [6.07, 6.45) is -0.221. The number of rotatable bonds is 0. The molecule has 0 aromatic rings. The van der Waals surface area contributed by atoms with Gasteiger partial charge in [0.05, 0.1) is 0 Å². The van der Waals surface area contributed by atoms with E-state index in [1.54, 1.807) is 13.8 Å². The van der Waals surface area contributed by atoms with Crippen LogP contribution in [0, 0.1) is 5.41 Å². The predicted octanol–water partition coefficient (Wildman–Crippen LogP) is 1.77. The molecule has 3 heteroatoms. The van der Waals surface area contributed by atoms with Crippen LogP contribution in [0.5, 0.6) is 0 Å². The fraction of sp³-hybridized carbons (Fsp3) is 1.00. The van der Waals surface area contributed by atoms with E-state index in [1.165, 1.54) is 0 Å². The number of hydrogen-bond acceptors (Lipinski definition) is 1. The molecule has 0 aliphatic heterocycles. The van der Waals surface area contributed by atoms with Crippen molar-refractivity contribution in [2.75, 3.05) is 0 Å². The van der Waals surface area contributed by atoms with Gasteiger partial charge in [-0.3, -0.25) is 0 Å². The Hall–Kier alpha value is -0.180. The summed E-state index contributed by atoms with van der Waals surface area (Å²) in [6.45, 7) is 3.58. The molecule has 0 radical (unpaired) electrons. The Labute approximate surface area is 59.6 Å². The lowest BCUT2D eigenvalue weighted by molar-refractivity contribution is -0.000734. The molecule has 1 rings (SSSR count). The van der Waals surface area contributed by atoms with Crippen LogP contribution in [0.25, 0.3) is 0 Å². The van der Waals surface area contributed by atoms with Gasteiger partial charge >= 0.3 is 0 Å². The first-order valence-electron chi connectivity index (χ1n) is 3.47. The molecule has 0 bridgehead atoms. The molecule has 0 unspecified atom stereocenters. The highest BCUT2D eigenvalue weighted by Crippen LogP contribution is 2.45. The minimum absolute atomic E-state index is 0.0683. The molecule has 0 amide bonds. The van der Waals surface area contributed by atoms with Crippen LogP contribution in [0.4, 0.5) is 8.78 Å². The van der Waals surface area contributed by atoms with Crippen LogP contribution in [0.1, 0.15) is 26.7 Å². The Morgan fingerprint density at radius 3 is 2.00 bits per heavy atom. The first kappa shape index (κ1) is 7.92. The van der Waals surface area contributed by atoms with Crippen LogP contribution in [0.15, 0.2) is 0 Å². The lowest BCUT2D eigenvalue weighted by Crippen LogP contribution is -2.31. The maximum Gasteiger partial charge on any atom is 0.250 e. The largest absolute Gasteiger partial charge is 0.327 e. The molecule has 1 fully saturated rings. The standard InChI is InChI=1S/C7H13F2N/c1-6(2)4-7(8,9)3-5(6)10/h5H,3-4,10H2,1-2H3/t5-/m1/s1. The van der Waals surface area contributed by atoms with E-state index in [9.17, 15) is 8.78 Å². The summed E-state index contributed by atoms with van der Waals surface area (Å²) in [5.74, 6) is -2.52. The van der Waals surface area contributed by atoms with E-state index in [0.29, 0.717) is 0 Å². The number of hydrogen-bond donors (Lipinski definition) is 1. The maximum atomic E-state index is 12.6. The van der Waals surface area contributed by atoms with Crippen molar-refractivity contribution in [1.29, 1.82) is 0 Å². The Balaban J connectivity index is 2.71. The quantitative estimate of drug-likeness (QED) is 0.558. The smallest absolute Gasteiger partial charge is 0.250 e. The Morgan fingerprint density at radius 2 is 1.90 bits per heavy atom. The number of halogens is 2. The van der Waals surface area contributed by atoms with Gasteiger partial charge in [-0.2, -0.15) is 0 Å². The van der Waals surface area contributed by atoms with Crippen molar-refractivity contribution in [1.82, 2.24) is 0 Å². The third-order valence-electron chi connectivity index (χ3n) is 2.24. The second-order valence-corrected chi connectivity index (χ2v) is 3.83. The highest BCUT2D eigenvalue weighted by molar-refractivity contribution is 4.96. The maximum absolute atomic E-state index is 12.6. The second kappa shape index (κ2) is 1.91. The number of nitrogens with two attached hydrogens (primary N) is 1. The van der Waals surface area contributed by atoms with Gasteiger partial charge in [0.2, 0.25) is 5.92 Å². The minimum atomic E-state index is -2.52. The van der Waals surface area contributed by atoms with Crippen molar-refractivity contribution < 1.29 is 8.78 Å². The predicted molar refractivity (Wildman–Crippen MR) is 35.9 cm³/mol. The van der Waals surface area contributed by atoms with Crippen LogP contribution in [0.2, 0.25) is 0 Å². The molecule has 1 nitrogen and oxygen atoms in total. The average molecular weight is 149 g/mol. The molecule has 1 saturated carbocycles. The molecular formula is C7H13F2N. The fourth-order valence-electron chi connectivity index (χ4n) is 1.47. The zero-order valence-corrected chi connectivity index (χ0v) is 6.32. The van der Waals surface area contributed by atoms with Crippen LogP contribution in [-0.2, 0) is 0 Å². The van der Waals surface area contributed by atoms with E-state index in [4.69, 9.17) is 5.73 Å². The van der Waals surface area contributed by atoms with E-state index in [1.807, 2.05) is 0 Å². The Bertz CT molecular complexity index is 143. The minimum Gasteiger partial charge on any atom is -0.327 e. The molecule has 60 valence electrons. The van der Waals surface area contributed by atoms with E-state index in [-0.39, 0.29) is 24.3 Å². The lowest BCUT2D eigenvalue weighted by atomic mass is 9.88. The van der Waals surface area contributed by atoms with Gasteiger partial charge in [-0.05, 0) is 5.41 Å². The van der Waals surface area contributed by atoms with Crippen LogP contribution < -0.4 is 5.73 Å². The molecule has 2 N–H and O–H groups in total. The van der Waals surface area contributed by atoms with Crippen molar-refractivity contribution in [3.05, 3.63) is 0 Å². The summed E-state index contributed by atoms with van der Waals surface area (Å²) >= 11 is 0. The first-order chi connectivity index (χ1) is 4.33. The highest BCUT2D eigenvalue weighted by Gasteiger charge is 2.49. The molecule has 1 atom stereocenters. The second-order valence-electron chi connectivity index (χ2n) is 3.83. The first-order valence-corrected chi connectivity index (χ1v) is 3.47. The average Bonchev–Trinajstić information content (AvgIpc) is 1.73. The van der Waals surface area contributed by atoms with E-state index in [0.717, 1.165) is 0 Å². The topological polar surface area (TPSA) is 26.0 Å². The van der Waals surface area contributed by atoms with Crippen molar-refractivity contribution in [2.24, 2.45) is 11.1 Å². The number of alkyl halides is 2. The van der Waals surface area contributed by atoms with Crippen molar-refractivity contribution >= 4 is 0 Å². The van der Waals surface area contributed by atoms with E-state index < -0.39 is 5.92 Å². The van der Waals surface area contributed by atoms with Gasteiger partial charge in [-0.25, -0.2) is 8.78 Å². The van der Waals surface area contributed by atoms with Crippen LogP contribution in [-0.4, -0.2) is 12.0 Å². The van der Waals surface area contributed by atoms with Crippen molar-refractivity contribution in [2.45, 2.75) is 38.7 Å². The molecule has 0 saturated heterocycles. The Kier molecular flexibility index (Phi) is 1.51. The highest BCUT2D eigenvalue weighted by atomic mass is 19.3. The molecule has 0 aromatic heterocycles. The van der Waals surface area contributed by atoms with Gasteiger partial charge in [0.1, 0.15) is 0 Å². The van der Waals surface area contributed by atoms with Gasteiger partial charge in [-0.15, -0.1) is 0 Å². The third kappa shape index (κ3) is 1.29. The monoisotopic (exact) mass is 149 g/mol. The third-order valence-corrected chi connectivity index (χ3v) is 2.24. The summed E-state index contributed by atoms with van der Waals surface area (Å²) in [6, 6.07) is -0.345. The van der Waals surface area contributed by atoms with Gasteiger partial charge in [0.25, 0.3) is 0 Å². The van der Waals surface area contributed by atoms with Crippen LogP contribution >= 0.6 is 0 Å². The van der Waals surface area contributed by atoms with Gasteiger partial charge in [-0.1, -0.05) is 13.8 Å². The summed E-state index contributed by atoms with van der Waals surface area (Å²) in [5, 5.41) is 0. The normalized spacial score (nSPS) is 36.3. The van der Waals surface area contributed by atoms with E-state index in [2.05, 4.69) is 0 Å². The van der Waals surface area contributed by atoms with Gasteiger partial charge in [0.15, 0.2) is 0 Å². The molecule has 1 aliphatic rings. The summed E-state index contributed by atoms with van der Waals surface area (Å²) in [5.41, 5.74) is 5.12. The van der Waals surface area contributed by atoms with Crippen molar-refractivity contribution in [3.63, 3.8) is 0 Å². The summed E-state index contributed by atoms with van der Waals surface area (Å²) in [4.78, 5) is 0. The van der Waals surface area contributed by atoms with Gasteiger partial charge in [0, 0.05) is 18.9 Å². The molecular weight excluding hydrogens is 136 g/mol. The Morgan fingerprint density at radius 1 is 1.40 bits per heavy atom. The lowest BCUT2D eigenvalue weighted by Gasteiger charge is -2.21. The molecule has 0 spiro atoms. The fourth-order valence-corrected chi connectivity index (χ4v) is 1.47. The molecule has 0 heterocycles. The molecule has 1 aliphatic carbocycles.